The van der Waals surface area contributed by atoms with Crippen LogP contribution in [0, 0.1) is 5.92 Å². The highest BCUT2D eigenvalue weighted by molar-refractivity contribution is 5.80. The van der Waals surface area contributed by atoms with E-state index >= 15 is 0 Å². The van der Waals surface area contributed by atoms with Gasteiger partial charge in [-0.15, -0.1) is 0 Å². The molecule has 1 unspecified atom stereocenters. The molecule has 146 valence electrons. The number of benzene rings is 1. The first-order chi connectivity index (χ1) is 12.7. The van der Waals surface area contributed by atoms with E-state index in [1.54, 1.807) is 0 Å². The SMILES string of the molecule is CN=C(NCCCCCCCN(C)C)N1CCC(Cc2ccccc2)C1. The Bertz CT molecular complexity index is 512. The van der Waals surface area contributed by atoms with Crippen molar-refractivity contribution in [2.45, 2.75) is 44.9 Å². The van der Waals surface area contributed by atoms with Crippen molar-refractivity contribution in [3.8, 4) is 0 Å². The van der Waals surface area contributed by atoms with E-state index in [0.29, 0.717) is 0 Å². The topological polar surface area (TPSA) is 30.9 Å². The third-order valence-electron chi connectivity index (χ3n) is 5.23. The molecule has 4 heteroatoms. The van der Waals surface area contributed by atoms with Gasteiger partial charge in [0.05, 0.1) is 0 Å². The lowest BCUT2D eigenvalue weighted by molar-refractivity contribution is 0.389. The zero-order chi connectivity index (χ0) is 18.6. The lowest BCUT2D eigenvalue weighted by atomic mass is 9.99. The third-order valence-corrected chi connectivity index (χ3v) is 5.23. The molecule has 1 aliphatic rings. The lowest BCUT2D eigenvalue weighted by Gasteiger charge is -2.21. The average Bonchev–Trinajstić information content (AvgIpc) is 3.09. The van der Waals surface area contributed by atoms with E-state index in [2.05, 4.69) is 64.5 Å². The van der Waals surface area contributed by atoms with Gasteiger partial charge in [-0.2, -0.15) is 0 Å². The molecule has 0 spiro atoms. The summed E-state index contributed by atoms with van der Waals surface area (Å²) >= 11 is 0. The molecule has 0 saturated carbocycles. The minimum absolute atomic E-state index is 0.743. The highest BCUT2D eigenvalue weighted by atomic mass is 15.3. The van der Waals surface area contributed by atoms with Crippen LogP contribution in [0.4, 0.5) is 0 Å². The van der Waals surface area contributed by atoms with Crippen LogP contribution in [-0.4, -0.2) is 63.1 Å². The Morgan fingerprint density at radius 1 is 1.12 bits per heavy atom. The van der Waals surface area contributed by atoms with E-state index in [1.807, 2.05) is 7.05 Å². The first kappa shape index (κ1) is 20.8. The summed E-state index contributed by atoms with van der Waals surface area (Å²) < 4.78 is 0. The summed E-state index contributed by atoms with van der Waals surface area (Å²) in [4.78, 5) is 9.21. The third kappa shape index (κ3) is 7.77. The molecular weight excluding hydrogens is 320 g/mol. The van der Waals surface area contributed by atoms with Crippen LogP contribution in [0.25, 0.3) is 0 Å². The first-order valence-electron chi connectivity index (χ1n) is 10.3. The van der Waals surface area contributed by atoms with Crippen molar-refractivity contribution in [2.75, 3.05) is 47.3 Å². The molecule has 1 saturated heterocycles. The van der Waals surface area contributed by atoms with E-state index in [-0.39, 0.29) is 0 Å². The Hall–Kier alpha value is -1.55. The summed E-state index contributed by atoms with van der Waals surface area (Å²) in [5, 5.41) is 3.57. The van der Waals surface area contributed by atoms with Crippen molar-refractivity contribution >= 4 is 5.96 Å². The van der Waals surface area contributed by atoms with Crippen LogP contribution < -0.4 is 5.32 Å². The van der Waals surface area contributed by atoms with E-state index in [9.17, 15) is 0 Å². The predicted octanol–water partition coefficient (Wildman–Crippen LogP) is 3.64. The molecular formula is C22H38N4. The standard InChI is InChI=1S/C22H38N4/c1-23-22(24-15-10-5-4-6-11-16-25(2)3)26-17-14-21(19-26)18-20-12-8-7-9-13-20/h7-9,12-13,21H,4-6,10-11,14-19H2,1-3H3,(H,23,24). The van der Waals surface area contributed by atoms with Crippen molar-refractivity contribution in [3.63, 3.8) is 0 Å². The molecule has 1 aromatic rings. The van der Waals surface area contributed by atoms with Gasteiger partial charge in [0, 0.05) is 26.7 Å². The lowest BCUT2D eigenvalue weighted by Crippen LogP contribution is -2.40. The zero-order valence-electron chi connectivity index (χ0n) is 17.1. The Morgan fingerprint density at radius 2 is 1.85 bits per heavy atom. The van der Waals surface area contributed by atoms with Crippen molar-refractivity contribution in [3.05, 3.63) is 35.9 Å². The number of aliphatic imine (C=N–C) groups is 1. The minimum Gasteiger partial charge on any atom is -0.356 e. The average molecular weight is 359 g/mol. The second-order valence-electron chi connectivity index (χ2n) is 7.84. The summed E-state index contributed by atoms with van der Waals surface area (Å²) in [6, 6.07) is 10.9. The quantitative estimate of drug-likeness (QED) is 0.394. The highest BCUT2D eigenvalue weighted by Gasteiger charge is 2.24. The maximum absolute atomic E-state index is 4.50. The van der Waals surface area contributed by atoms with Gasteiger partial charge < -0.3 is 15.1 Å². The predicted molar refractivity (Wildman–Crippen MR) is 113 cm³/mol. The van der Waals surface area contributed by atoms with Crippen LogP contribution >= 0.6 is 0 Å². The van der Waals surface area contributed by atoms with Gasteiger partial charge >= 0.3 is 0 Å². The minimum atomic E-state index is 0.743. The summed E-state index contributed by atoms with van der Waals surface area (Å²) in [5.41, 5.74) is 1.46. The monoisotopic (exact) mass is 358 g/mol. The number of guanidine groups is 1. The Balaban J connectivity index is 1.59. The van der Waals surface area contributed by atoms with Crippen molar-refractivity contribution in [1.82, 2.24) is 15.1 Å². The van der Waals surface area contributed by atoms with E-state index in [4.69, 9.17) is 0 Å². The molecule has 1 N–H and O–H groups in total. The Kier molecular flexibility index (Phi) is 9.54. The molecule has 2 rings (SSSR count). The van der Waals surface area contributed by atoms with Gasteiger partial charge in [0.2, 0.25) is 0 Å². The number of rotatable bonds is 10. The number of nitrogens with one attached hydrogen (secondary N) is 1. The van der Waals surface area contributed by atoms with Gasteiger partial charge in [-0.05, 0) is 57.8 Å². The number of nitrogens with zero attached hydrogens (tertiary/aromatic N) is 3. The van der Waals surface area contributed by atoms with E-state index in [1.165, 1.54) is 57.1 Å². The second-order valence-corrected chi connectivity index (χ2v) is 7.84. The van der Waals surface area contributed by atoms with Crippen LogP contribution in [0.5, 0.6) is 0 Å². The summed E-state index contributed by atoms with van der Waals surface area (Å²) in [5.74, 6) is 1.83. The molecule has 0 amide bonds. The van der Waals surface area contributed by atoms with Crippen LogP contribution in [0.2, 0.25) is 0 Å². The zero-order valence-corrected chi connectivity index (χ0v) is 17.1. The molecule has 1 aromatic carbocycles. The Labute approximate surface area is 160 Å². The van der Waals surface area contributed by atoms with Crippen LogP contribution in [0.15, 0.2) is 35.3 Å². The summed E-state index contributed by atoms with van der Waals surface area (Å²) in [7, 11) is 6.21. The van der Waals surface area contributed by atoms with Gasteiger partial charge in [0.25, 0.3) is 0 Å². The van der Waals surface area contributed by atoms with Gasteiger partial charge in [-0.25, -0.2) is 0 Å². The van der Waals surface area contributed by atoms with E-state index in [0.717, 1.165) is 31.5 Å². The second kappa shape index (κ2) is 11.9. The highest BCUT2D eigenvalue weighted by Crippen LogP contribution is 2.20. The largest absolute Gasteiger partial charge is 0.356 e. The summed E-state index contributed by atoms with van der Waals surface area (Å²) in [6.45, 7) is 4.50. The number of likely N-dealkylation sites (tertiary alicyclic amines) is 1. The molecule has 0 aliphatic carbocycles. The number of unbranched alkanes of at least 4 members (excludes halogenated alkanes) is 4. The van der Waals surface area contributed by atoms with Gasteiger partial charge in [0.15, 0.2) is 5.96 Å². The van der Waals surface area contributed by atoms with E-state index < -0.39 is 0 Å². The Morgan fingerprint density at radius 3 is 2.58 bits per heavy atom. The van der Waals surface area contributed by atoms with Crippen molar-refractivity contribution in [1.29, 1.82) is 0 Å². The first-order valence-corrected chi connectivity index (χ1v) is 10.3. The normalized spacial score (nSPS) is 17.9. The molecule has 0 aromatic heterocycles. The van der Waals surface area contributed by atoms with Gasteiger partial charge in [-0.1, -0.05) is 49.6 Å². The maximum atomic E-state index is 4.50. The molecule has 1 aliphatic heterocycles. The van der Waals surface area contributed by atoms with Gasteiger partial charge in [0.1, 0.15) is 0 Å². The maximum Gasteiger partial charge on any atom is 0.193 e. The van der Waals surface area contributed by atoms with Crippen LogP contribution in [0.1, 0.15) is 44.1 Å². The van der Waals surface area contributed by atoms with Crippen LogP contribution in [-0.2, 0) is 6.42 Å². The van der Waals surface area contributed by atoms with Crippen molar-refractivity contribution < 1.29 is 0 Å². The molecule has 0 bridgehead atoms. The fraction of sp³-hybridized carbons (Fsp3) is 0.682. The molecule has 26 heavy (non-hydrogen) atoms. The number of hydrogen-bond acceptors (Lipinski definition) is 2. The molecule has 1 atom stereocenters. The fourth-order valence-electron chi connectivity index (χ4n) is 3.75. The number of hydrogen-bond donors (Lipinski definition) is 1. The smallest absolute Gasteiger partial charge is 0.193 e. The molecule has 1 heterocycles. The van der Waals surface area contributed by atoms with Crippen LogP contribution in [0.3, 0.4) is 0 Å². The molecule has 1 fully saturated rings. The fourth-order valence-corrected chi connectivity index (χ4v) is 3.75. The molecule has 0 radical (unpaired) electrons. The molecule has 4 nitrogen and oxygen atoms in total. The van der Waals surface area contributed by atoms with Crippen molar-refractivity contribution in [2.24, 2.45) is 10.9 Å². The van der Waals surface area contributed by atoms with Gasteiger partial charge in [-0.3, -0.25) is 4.99 Å². The summed E-state index contributed by atoms with van der Waals surface area (Å²) in [6.07, 6.45) is 9.01.